The van der Waals surface area contributed by atoms with Gasteiger partial charge in [0.2, 0.25) is 12.1 Å². The summed E-state index contributed by atoms with van der Waals surface area (Å²) in [5.74, 6) is -1.19. The lowest BCUT2D eigenvalue weighted by molar-refractivity contribution is -0.267. The van der Waals surface area contributed by atoms with Crippen LogP contribution in [-0.2, 0) is 4.74 Å². The van der Waals surface area contributed by atoms with Crippen molar-refractivity contribution in [3.05, 3.63) is 64.2 Å². The molecule has 0 spiro atoms. The lowest BCUT2D eigenvalue weighted by Gasteiger charge is -2.39. The Labute approximate surface area is 194 Å². The molecule has 1 aliphatic carbocycles. The lowest BCUT2D eigenvalue weighted by atomic mass is 9.79. The number of phenolic OH excluding ortho intramolecular Hbond substituents is 2. The van der Waals surface area contributed by atoms with Crippen molar-refractivity contribution < 1.29 is 44.9 Å². The molecule has 3 aromatic rings. The highest BCUT2D eigenvalue weighted by Gasteiger charge is 2.44. The number of fused-ring (bicyclic) bond motifs is 4. The van der Waals surface area contributed by atoms with E-state index in [9.17, 15) is 35.4 Å². The Bertz CT molecular complexity index is 1320. The Kier molecular flexibility index (Phi) is 5.27. The van der Waals surface area contributed by atoms with Crippen LogP contribution in [0.4, 0.5) is 0 Å². The number of phenols is 2. The van der Waals surface area contributed by atoms with Crippen molar-refractivity contribution in [3.8, 4) is 17.2 Å². The van der Waals surface area contributed by atoms with Gasteiger partial charge in [0.1, 0.15) is 41.7 Å². The molecule has 0 amide bonds. The molecule has 6 unspecified atom stereocenters. The van der Waals surface area contributed by atoms with Gasteiger partial charge < -0.3 is 40.1 Å². The van der Waals surface area contributed by atoms with Gasteiger partial charge in [-0.15, -0.1) is 0 Å². The number of ether oxygens (including phenoxy) is 2. The van der Waals surface area contributed by atoms with E-state index >= 15 is 0 Å². The summed E-state index contributed by atoms with van der Waals surface area (Å²) in [5, 5.41) is 63.6. The third-order valence-corrected chi connectivity index (χ3v) is 6.51. The smallest absolute Gasteiger partial charge is 0.229 e. The van der Waals surface area contributed by atoms with E-state index in [-0.39, 0.29) is 39.5 Å². The number of carbonyl (C=O) groups is 1. The minimum Gasteiger partial charge on any atom is -0.507 e. The van der Waals surface area contributed by atoms with Crippen LogP contribution in [0.5, 0.6) is 17.2 Å². The van der Waals surface area contributed by atoms with Crippen molar-refractivity contribution in [1.82, 2.24) is 0 Å². The molecule has 0 saturated carbocycles. The average molecular weight is 468 g/mol. The minimum atomic E-state index is -1.57. The number of carbonyl (C=O) groups excluding carboxylic acids is 1. The van der Waals surface area contributed by atoms with Crippen LogP contribution in [0.25, 0.3) is 10.8 Å². The molecular formula is C25H24O9. The fourth-order valence-corrected chi connectivity index (χ4v) is 4.82. The van der Waals surface area contributed by atoms with Crippen LogP contribution < -0.4 is 4.74 Å². The Hall–Kier alpha value is -3.21. The van der Waals surface area contributed by atoms with Crippen LogP contribution in [0.2, 0.25) is 0 Å². The average Bonchev–Trinajstić information content (AvgIpc) is 2.78. The zero-order valence-electron chi connectivity index (χ0n) is 18.3. The first-order chi connectivity index (χ1) is 16.1. The first-order valence-corrected chi connectivity index (χ1v) is 10.8. The molecule has 9 nitrogen and oxygen atoms in total. The minimum absolute atomic E-state index is 0.0898. The van der Waals surface area contributed by atoms with Crippen LogP contribution in [0.1, 0.15) is 45.6 Å². The fourth-order valence-electron chi connectivity index (χ4n) is 4.82. The maximum atomic E-state index is 13.3. The number of rotatable bonds is 2. The van der Waals surface area contributed by atoms with Crippen molar-refractivity contribution in [2.24, 2.45) is 0 Å². The number of hydrogen-bond acceptors (Lipinski definition) is 9. The van der Waals surface area contributed by atoms with Gasteiger partial charge in [-0.3, -0.25) is 4.79 Å². The standard InChI is InChI=1S/C25H24O9/c1-9-6-11-8-14(27)18-19(21(29)12-4-3-5-13(26)17(12)22(18)30)16(11)15(7-9)34-25-24(32)23(31)20(28)10(2)33-25/h3-8,10,20-21,23-29,31-32H,1-2H3. The van der Waals surface area contributed by atoms with Crippen LogP contribution in [-0.4, -0.2) is 67.1 Å². The number of aliphatic hydroxyl groups excluding tert-OH is 4. The normalized spacial score (nSPS) is 28.5. The predicted molar refractivity (Wildman–Crippen MR) is 119 cm³/mol. The van der Waals surface area contributed by atoms with Gasteiger partial charge >= 0.3 is 0 Å². The monoisotopic (exact) mass is 468 g/mol. The van der Waals surface area contributed by atoms with E-state index in [2.05, 4.69) is 0 Å². The van der Waals surface area contributed by atoms with Crippen LogP contribution in [0.15, 0.2) is 36.4 Å². The number of benzene rings is 3. The lowest BCUT2D eigenvalue weighted by Crippen LogP contribution is -2.58. The summed E-state index contributed by atoms with van der Waals surface area (Å²) in [4.78, 5) is 13.3. The second-order valence-corrected chi connectivity index (χ2v) is 8.82. The van der Waals surface area contributed by atoms with Gasteiger partial charge in [-0.05, 0) is 48.6 Å². The molecule has 6 N–H and O–H groups in total. The molecule has 3 aromatic carbocycles. The zero-order valence-corrected chi connectivity index (χ0v) is 18.3. The maximum Gasteiger partial charge on any atom is 0.229 e. The molecular weight excluding hydrogens is 444 g/mol. The molecule has 1 aliphatic heterocycles. The number of hydrogen-bond donors (Lipinski definition) is 6. The number of ketones is 1. The summed E-state index contributed by atoms with van der Waals surface area (Å²) in [6, 6.07) is 9.06. The topological polar surface area (TPSA) is 157 Å². The third-order valence-electron chi connectivity index (χ3n) is 6.51. The second-order valence-electron chi connectivity index (χ2n) is 8.82. The van der Waals surface area contributed by atoms with E-state index in [1.807, 2.05) is 0 Å². The molecule has 9 heteroatoms. The van der Waals surface area contributed by atoms with Crippen molar-refractivity contribution in [1.29, 1.82) is 0 Å². The summed E-state index contributed by atoms with van der Waals surface area (Å²) in [7, 11) is 0. The largest absolute Gasteiger partial charge is 0.507 e. The Morgan fingerprint density at radius 2 is 1.65 bits per heavy atom. The van der Waals surface area contributed by atoms with E-state index < -0.39 is 42.6 Å². The first kappa shape index (κ1) is 22.6. The summed E-state index contributed by atoms with van der Waals surface area (Å²) < 4.78 is 11.5. The van der Waals surface area contributed by atoms with E-state index in [0.717, 1.165) is 5.56 Å². The highest BCUT2D eigenvalue weighted by molar-refractivity contribution is 6.18. The number of aliphatic hydroxyl groups is 4. The Morgan fingerprint density at radius 1 is 0.912 bits per heavy atom. The molecule has 34 heavy (non-hydrogen) atoms. The molecule has 178 valence electrons. The molecule has 0 bridgehead atoms. The van der Waals surface area contributed by atoms with E-state index in [1.165, 1.54) is 31.2 Å². The molecule has 1 saturated heterocycles. The molecule has 6 atom stereocenters. The summed E-state index contributed by atoms with van der Waals surface area (Å²) in [6.45, 7) is 3.30. The van der Waals surface area contributed by atoms with Gasteiger partial charge in [0, 0.05) is 10.9 Å². The quantitative estimate of drug-likeness (QED) is 0.327. The van der Waals surface area contributed by atoms with E-state index in [1.54, 1.807) is 19.1 Å². The molecule has 1 heterocycles. The highest BCUT2D eigenvalue weighted by Crippen LogP contribution is 2.48. The number of aromatic hydroxyl groups is 2. The van der Waals surface area contributed by atoms with E-state index in [0.29, 0.717) is 10.8 Å². The molecule has 5 rings (SSSR count). The van der Waals surface area contributed by atoms with Gasteiger partial charge in [-0.2, -0.15) is 0 Å². The van der Waals surface area contributed by atoms with Gasteiger partial charge in [-0.25, -0.2) is 0 Å². The van der Waals surface area contributed by atoms with Crippen molar-refractivity contribution in [2.45, 2.75) is 50.7 Å². The van der Waals surface area contributed by atoms with Crippen molar-refractivity contribution in [2.75, 3.05) is 0 Å². The fraction of sp³-hybridized carbons (Fsp3) is 0.320. The Balaban J connectivity index is 1.72. The Morgan fingerprint density at radius 3 is 2.38 bits per heavy atom. The molecule has 1 fully saturated rings. The first-order valence-electron chi connectivity index (χ1n) is 10.8. The predicted octanol–water partition coefficient (Wildman–Crippen LogP) is 1.39. The maximum absolute atomic E-state index is 13.3. The number of aryl methyl sites for hydroxylation is 1. The summed E-state index contributed by atoms with van der Waals surface area (Å²) in [6.07, 6.45) is -7.95. The van der Waals surface area contributed by atoms with Crippen LogP contribution in [0, 0.1) is 6.92 Å². The van der Waals surface area contributed by atoms with Crippen molar-refractivity contribution >= 4 is 16.6 Å². The zero-order chi connectivity index (χ0) is 24.5. The summed E-state index contributed by atoms with van der Waals surface area (Å²) >= 11 is 0. The van der Waals surface area contributed by atoms with Gasteiger partial charge in [0.05, 0.1) is 17.2 Å². The van der Waals surface area contributed by atoms with Crippen molar-refractivity contribution in [3.63, 3.8) is 0 Å². The molecule has 0 aromatic heterocycles. The molecule has 0 radical (unpaired) electrons. The van der Waals surface area contributed by atoms with Gasteiger partial charge in [-0.1, -0.05) is 18.2 Å². The SMILES string of the molecule is Cc1cc(OC2OC(C)C(O)C(O)C2O)c2c3c(c(O)cc2c1)C(=O)c1c(O)cccc1C3O. The molecule has 2 aliphatic rings. The van der Waals surface area contributed by atoms with Crippen LogP contribution >= 0.6 is 0 Å². The second kappa shape index (κ2) is 7.93. The third kappa shape index (κ3) is 3.24. The highest BCUT2D eigenvalue weighted by atomic mass is 16.7. The van der Waals surface area contributed by atoms with Gasteiger partial charge in [0.25, 0.3) is 0 Å². The summed E-state index contributed by atoms with van der Waals surface area (Å²) in [5.41, 5.74) is 0.722. The van der Waals surface area contributed by atoms with E-state index in [4.69, 9.17) is 9.47 Å². The van der Waals surface area contributed by atoms with Gasteiger partial charge in [0.15, 0.2) is 0 Å². The van der Waals surface area contributed by atoms with Crippen LogP contribution in [0.3, 0.4) is 0 Å².